The Labute approximate surface area is 169 Å². The molecule has 0 aromatic carbocycles. The van der Waals surface area contributed by atoms with E-state index >= 15 is 0 Å². The molecule has 2 heterocycles. The van der Waals surface area contributed by atoms with Gasteiger partial charge in [0.05, 0.1) is 22.3 Å². The highest BCUT2D eigenvalue weighted by Gasteiger charge is 2.33. The van der Waals surface area contributed by atoms with Crippen molar-refractivity contribution in [3.8, 4) is 0 Å². The number of aromatic nitrogens is 2. The van der Waals surface area contributed by atoms with Crippen LogP contribution in [0.15, 0.2) is 15.8 Å². The van der Waals surface area contributed by atoms with E-state index < -0.39 is 11.9 Å². The number of aryl methyl sites for hydroxylation is 1. The van der Waals surface area contributed by atoms with Crippen molar-refractivity contribution in [2.75, 3.05) is 20.6 Å². The Morgan fingerprint density at radius 3 is 2.52 bits per heavy atom. The van der Waals surface area contributed by atoms with Crippen LogP contribution in [0.5, 0.6) is 0 Å². The zero-order valence-corrected chi connectivity index (χ0v) is 17.9. The van der Waals surface area contributed by atoms with E-state index in [1.54, 1.807) is 18.4 Å². The first kappa shape index (κ1) is 22.1. The Hall–Kier alpha value is -0.950. The molecule has 25 heavy (non-hydrogen) atoms. The molecule has 0 spiro atoms. The summed E-state index contributed by atoms with van der Waals surface area (Å²) in [5.41, 5.74) is 0.126. The summed E-state index contributed by atoms with van der Waals surface area (Å²) in [7, 11) is 3.55. The van der Waals surface area contributed by atoms with Crippen LogP contribution >= 0.6 is 46.7 Å². The van der Waals surface area contributed by atoms with E-state index in [-0.39, 0.29) is 24.0 Å². The molecule has 1 N–H and O–H groups in total. The number of halogens is 4. The van der Waals surface area contributed by atoms with E-state index in [0.717, 1.165) is 27.4 Å². The van der Waals surface area contributed by atoms with Crippen LogP contribution < -0.4 is 5.32 Å². The summed E-state index contributed by atoms with van der Waals surface area (Å²) in [5.74, 6) is 0.660. The minimum atomic E-state index is -4.38. The Kier molecular flexibility index (Phi) is 8.54. The summed E-state index contributed by atoms with van der Waals surface area (Å²) < 4.78 is 37.6. The quantitative estimate of drug-likeness (QED) is 0.382. The van der Waals surface area contributed by atoms with Gasteiger partial charge in [0.25, 0.3) is 0 Å². The topological polar surface area (TPSA) is 53.4 Å². The van der Waals surface area contributed by atoms with Gasteiger partial charge in [0, 0.05) is 37.8 Å². The van der Waals surface area contributed by atoms with Crippen molar-refractivity contribution in [3.05, 3.63) is 32.2 Å². The van der Waals surface area contributed by atoms with Gasteiger partial charge < -0.3 is 10.2 Å². The van der Waals surface area contributed by atoms with E-state index in [2.05, 4.69) is 20.3 Å². The molecule has 2 aromatic heterocycles. The predicted octanol–water partition coefficient (Wildman–Crippen LogP) is 3.79. The molecule has 0 aliphatic carbocycles. The van der Waals surface area contributed by atoms with Gasteiger partial charge in [0.1, 0.15) is 0 Å². The van der Waals surface area contributed by atoms with Crippen LogP contribution in [0.4, 0.5) is 13.2 Å². The molecule has 0 saturated carbocycles. The molecule has 0 bridgehead atoms. The zero-order valence-electron chi connectivity index (χ0n) is 13.9. The van der Waals surface area contributed by atoms with Crippen molar-refractivity contribution in [2.24, 2.45) is 4.99 Å². The summed E-state index contributed by atoms with van der Waals surface area (Å²) in [5, 5.41) is 7.62. The zero-order chi connectivity index (χ0) is 17.7. The average Bonchev–Trinajstić information content (AvgIpc) is 3.12. The molecular formula is C14H19F3IN5S2. The van der Waals surface area contributed by atoms with Crippen molar-refractivity contribution in [3.63, 3.8) is 0 Å². The molecule has 0 unspecified atom stereocenters. The molecule has 5 nitrogen and oxygen atoms in total. The number of alkyl halides is 3. The first-order valence-electron chi connectivity index (χ1n) is 7.14. The standard InChI is InChI=1S/C14H18F3N5S2.HI/c1-9-20-10(7-23-9)6-22(3)13(18-2)19-5-4-12-21-11(8-24-12)14(15,16)17;/h7-8H,4-6H2,1-3H3,(H,18,19);1H. The first-order chi connectivity index (χ1) is 11.3. The maximum absolute atomic E-state index is 12.5. The molecule has 2 rings (SSSR count). The molecule has 0 radical (unpaired) electrons. The van der Waals surface area contributed by atoms with Crippen LogP contribution in [-0.2, 0) is 19.1 Å². The van der Waals surface area contributed by atoms with Crippen LogP contribution in [0.3, 0.4) is 0 Å². The van der Waals surface area contributed by atoms with Gasteiger partial charge in [0.15, 0.2) is 11.7 Å². The molecular weight excluding hydrogens is 486 g/mol. The van der Waals surface area contributed by atoms with Gasteiger partial charge in [-0.3, -0.25) is 4.99 Å². The largest absolute Gasteiger partial charge is 0.434 e. The third kappa shape index (κ3) is 6.70. The first-order valence-corrected chi connectivity index (χ1v) is 8.90. The van der Waals surface area contributed by atoms with Crippen molar-refractivity contribution >= 4 is 52.6 Å². The summed E-state index contributed by atoms with van der Waals surface area (Å²) in [6.07, 6.45) is -3.98. The maximum Gasteiger partial charge on any atom is 0.434 e. The second kappa shape index (κ2) is 9.67. The smallest absolute Gasteiger partial charge is 0.356 e. The number of aliphatic imine (C=N–C) groups is 1. The molecule has 2 aromatic rings. The van der Waals surface area contributed by atoms with E-state index in [0.29, 0.717) is 30.5 Å². The van der Waals surface area contributed by atoms with E-state index in [1.807, 2.05) is 24.3 Å². The van der Waals surface area contributed by atoms with Crippen LogP contribution in [0, 0.1) is 6.92 Å². The molecule has 0 atom stereocenters. The third-order valence-electron chi connectivity index (χ3n) is 3.10. The van der Waals surface area contributed by atoms with Gasteiger partial charge >= 0.3 is 6.18 Å². The average molecular weight is 505 g/mol. The monoisotopic (exact) mass is 505 g/mol. The third-order valence-corrected chi connectivity index (χ3v) is 4.83. The number of thiazole rings is 2. The number of hydrogen-bond donors (Lipinski definition) is 1. The lowest BCUT2D eigenvalue weighted by atomic mass is 10.4. The molecule has 0 aliphatic heterocycles. The number of hydrogen-bond acceptors (Lipinski definition) is 5. The van der Waals surface area contributed by atoms with Crippen LogP contribution in [0.1, 0.15) is 21.4 Å². The maximum atomic E-state index is 12.5. The van der Waals surface area contributed by atoms with Crippen molar-refractivity contribution in [1.82, 2.24) is 20.2 Å². The molecule has 0 fully saturated rings. The highest BCUT2D eigenvalue weighted by molar-refractivity contribution is 14.0. The Morgan fingerprint density at radius 1 is 1.28 bits per heavy atom. The highest BCUT2D eigenvalue weighted by Crippen LogP contribution is 2.29. The minimum absolute atomic E-state index is 0. The molecule has 140 valence electrons. The Balaban J connectivity index is 0.00000312. The number of nitrogens with zero attached hydrogens (tertiary/aromatic N) is 4. The van der Waals surface area contributed by atoms with E-state index in [4.69, 9.17) is 0 Å². The second-order valence-electron chi connectivity index (χ2n) is 5.06. The van der Waals surface area contributed by atoms with Gasteiger partial charge in [0.2, 0.25) is 0 Å². The highest BCUT2D eigenvalue weighted by atomic mass is 127. The minimum Gasteiger partial charge on any atom is -0.356 e. The van der Waals surface area contributed by atoms with Gasteiger partial charge in [-0.1, -0.05) is 0 Å². The normalized spacial score (nSPS) is 12.0. The number of guanidine groups is 1. The van der Waals surface area contributed by atoms with Gasteiger partial charge in [-0.2, -0.15) is 13.2 Å². The summed E-state index contributed by atoms with van der Waals surface area (Å²) in [6.45, 7) is 3.02. The lowest BCUT2D eigenvalue weighted by molar-refractivity contribution is -0.140. The van der Waals surface area contributed by atoms with Crippen molar-refractivity contribution in [1.29, 1.82) is 0 Å². The van der Waals surface area contributed by atoms with Crippen LogP contribution in [0.25, 0.3) is 0 Å². The van der Waals surface area contributed by atoms with Crippen LogP contribution in [0.2, 0.25) is 0 Å². The number of nitrogens with one attached hydrogen (secondary N) is 1. The fourth-order valence-corrected chi connectivity index (χ4v) is 3.43. The fourth-order valence-electron chi connectivity index (χ4n) is 2.02. The second-order valence-corrected chi connectivity index (χ2v) is 7.07. The van der Waals surface area contributed by atoms with Crippen LogP contribution in [-0.4, -0.2) is 41.5 Å². The SMILES string of the molecule is CN=C(NCCc1nc(C(F)(F)F)cs1)N(C)Cc1csc(C)n1.I. The van der Waals surface area contributed by atoms with E-state index in [1.165, 1.54) is 0 Å². The summed E-state index contributed by atoms with van der Waals surface area (Å²) >= 11 is 2.60. The van der Waals surface area contributed by atoms with Crippen molar-refractivity contribution < 1.29 is 13.2 Å². The fraction of sp³-hybridized carbons (Fsp3) is 0.500. The Morgan fingerprint density at radius 2 is 2.00 bits per heavy atom. The molecule has 0 aliphatic rings. The van der Waals surface area contributed by atoms with Crippen molar-refractivity contribution in [2.45, 2.75) is 26.1 Å². The number of rotatable bonds is 5. The molecule has 0 saturated heterocycles. The lowest BCUT2D eigenvalue weighted by Crippen LogP contribution is -2.39. The lowest BCUT2D eigenvalue weighted by Gasteiger charge is -2.21. The predicted molar refractivity (Wildman–Crippen MR) is 106 cm³/mol. The van der Waals surface area contributed by atoms with Gasteiger partial charge in [-0.25, -0.2) is 9.97 Å². The molecule has 11 heteroatoms. The summed E-state index contributed by atoms with van der Waals surface area (Å²) in [4.78, 5) is 14.1. The van der Waals surface area contributed by atoms with E-state index in [9.17, 15) is 13.2 Å². The molecule has 0 amide bonds. The van der Waals surface area contributed by atoms with Gasteiger partial charge in [-0.15, -0.1) is 46.7 Å². The summed E-state index contributed by atoms with van der Waals surface area (Å²) in [6, 6.07) is 0. The van der Waals surface area contributed by atoms with Gasteiger partial charge in [-0.05, 0) is 6.92 Å². The Bertz CT molecular complexity index is 699.